The molecule has 0 heterocycles. The molecule has 0 aliphatic heterocycles. The van der Waals surface area contributed by atoms with E-state index in [1.54, 1.807) is 18.2 Å². The number of carbonyl (C=O) groups is 1. The summed E-state index contributed by atoms with van der Waals surface area (Å²) in [7, 11) is 0. The number of ether oxygens (including phenoxy) is 2. The maximum absolute atomic E-state index is 12.6. The van der Waals surface area contributed by atoms with Gasteiger partial charge in [-0.15, -0.1) is 0 Å². The van der Waals surface area contributed by atoms with E-state index in [1.165, 1.54) is 0 Å². The van der Waals surface area contributed by atoms with Gasteiger partial charge in [0, 0.05) is 12.3 Å². The van der Waals surface area contributed by atoms with Gasteiger partial charge >= 0.3 is 0 Å². The zero-order valence-electron chi connectivity index (χ0n) is 15.3. The first-order chi connectivity index (χ1) is 11.4. The first-order valence-corrected chi connectivity index (χ1v) is 8.52. The Bertz CT molecular complexity index is 593. The molecule has 0 fully saturated rings. The highest BCUT2D eigenvalue weighted by Crippen LogP contribution is 2.26. The van der Waals surface area contributed by atoms with Crippen molar-refractivity contribution in [3.8, 4) is 11.8 Å². The van der Waals surface area contributed by atoms with Crippen LogP contribution in [0, 0.1) is 11.3 Å². The number of carbonyl (C=O) groups excluding carboxylic acids is 1. The maximum Gasteiger partial charge on any atom is 0.256 e. The zero-order chi connectivity index (χ0) is 18.2. The van der Waals surface area contributed by atoms with Crippen LogP contribution in [0.3, 0.4) is 0 Å². The summed E-state index contributed by atoms with van der Waals surface area (Å²) in [6, 6.07) is 7.18. The fraction of sp³-hybridized carbons (Fsp3) is 0.579. The van der Waals surface area contributed by atoms with Gasteiger partial charge < -0.3 is 14.8 Å². The molecule has 0 spiro atoms. The third-order valence-electron chi connectivity index (χ3n) is 3.67. The van der Waals surface area contributed by atoms with Crippen LogP contribution in [0.4, 0.5) is 5.69 Å². The fourth-order valence-corrected chi connectivity index (χ4v) is 2.40. The molecule has 0 radical (unpaired) electrons. The molecule has 0 aromatic heterocycles. The summed E-state index contributed by atoms with van der Waals surface area (Å²) in [4.78, 5) is 12.6. The number of rotatable bonds is 9. The lowest BCUT2D eigenvalue weighted by atomic mass is 9.97. The Balaban J connectivity index is 2.94. The Labute approximate surface area is 145 Å². The summed E-state index contributed by atoms with van der Waals surface area (Å²) in [6.07, 6.45) is 2.54. The Hall–Kier alpha value is -2.06. The topological polar surface area (TPSA) is 71.3 Å². The molecule has 132 valence electrons. The van der Waals surface area contributed by atoms with E-state index in [0.717, 1.165) is 12.8 Å². The SMILES string of the molecule is CCCC[C@](C)(OCC)C(=O)Nc1ccc(OC(C)C)c(C#N)c1. The Morgan fingerprint density at radius 2 is 2.08 bits per heavy atom. The standard InChI is InChI=1S/C19H28N2O3/c1-6-8-11-19(5,23-7-2)18(22)21-16-9-10-17(24-14(3)4)15(12-16)13-20/h9-10,12,14H,6-8,11H2,1-5H3,(H,21,22)/t19-/m0/s1. The van der Waals surface area contributed by atoms with Gasteiger partial charge in [0.15, 0.2) is 0 Å². The Morgan fingerprint density at radius 1 is 1.38 bits per heavy atom. The van der Waals surface area contributed by atoms with Crippen molar-refractivity contribution in [1.82, 2.24) is 0 Å². The number of benzene rings is 1. The van der Waals surface area contributed by atoms with Gasteiger partial charge in [-0.2, -0.15) is 5.26 Å². The number of unbranched alkanes of at least 4 members (excludes halogenated alkanes) is 1. The first-order valence-electron chi connectivity index (χ1n) is 8.52. The van der Waals surface area contributed by atoms with Gasteiger partial charge in [0.2, 0.25) is 0 Å². The number of hydrogen-bond donors (Lipinski definition) is 1. The van der Waals surface area contributed by atoms with Crippen LogP contribution in [0.1, 0.15) is 59.4 Å². The fourth-order valence-electron chi connectivity index (χ4n) is 2.40. The molecule has 0 aliphatic rings. The molecule has 24 heavy (non-hydrogen) atoms. The first kappa shape index (κ1) is 20.0. The van der Waals surface area contributed by atoms with Crippen LogP contribution in [-0.2, 0) is 9.53 Å². The molecule has 0 aliphatic carbocycles. The molecule has 0 unspecified atom stereocenters. The normalized spacial score (nSPS) is 13.2. The van der Waals surface area contributed by atoms with Crippen molar-refractivity contribution in [1.29, 1.82) is 5.26 Å². The monoisotopic (exact) mass is 332 g/mol. The zero-order valence-corrected chi connectivity index (χ0v) is 15.3. The molecule has 5 heteroatoms. The minimum Gasteiger partial charge on any atom is -0.490 e. The molecule has 5 nitrogen and oxygen atoms in total. The molecule has 1 aromatic rings. The van der Waals surface area contributed by atoms with Gasteiger partial charge in [0.1, 0.15) is 17.4 Å². The molecular weight excluding hydrogens is 304 g/mol. The van der Waals surface area contributed by atoms with E-state index in [0.29, 0.717) is 30.0 Å². The Kier molecular flexibility index (Phi) is 7.73. The van der Waals surface area contributed by atoms with Gasteiger partial charge in [0.25, 0.3) is 5.91 Å². The number of nitrogens with zero attached hydrogens (tertiary/aromatic N) is 1. The number of amides is 1. The molecule has 1 atom stereocenters. The average Bonchev–Trinajstić information content (AvgIpc) is 2.54. The second kappa shape index (κ2) is 9.29. The van der Waals surface area contributed by atoms with Crippen molar-refractivity contribution in [3.05, 3.63) is 23.8 Å². The lowest BCUT2D eigenvalue weighted by Gasteiger charge is -2.28. The second-order valence-electron chi connectivity index (χ2n) is 6.21. The molecule has 1 aromatic carbocycles. The Morgan fingerprint density at radius 3 is 2.62 bits per heavy atom. The van der Waals surface area contributed by atoms with Crippen LogP contribution in [0.15, 0.2) is 18.2 Å². The van der Waals surface area contributed by atoms with Gasteiger partial charge in [-0.25, -0.2) is 0 Å². The van der Waals surface area contributed by atoms with Crippen LogP contribution < -0.4 is 10.1 Å². The van der Waals surface area contributed by atoms with E-state index in [4.69, 9.17) is 9.47 Å². The van der Waals surface area contributed by atoms with Gasteiger partial charge in [-0.05, 0) is 52.3 Å². The summed E-state index contributed by atoms with van der Waals surface area (Å²) < 4.78 is 11.3. The summed E-state index contributed by atoms with van der Waals surface area (Å²) >= 11 is 0. The second-order valence-corrected chi connectivity index (χ2v) is 6.21. The molecule has 0 saturated carbocycles. The van der Waals surface area contributed by atoms with Crippen molar-refractivity contribution < 1.29 is 14.3 Å². The molecule has 1 N–H and O–H groups in total. The van der Waals surface area contributed by atoms with Gasteiger partial charge in [-0.3, -0.25) is 4.79 Å². The highest BCUT2D eigenvalue weighted by atomic mass is 16.5. The predicted molar refractivity (Wildman–Crippen MR) is 95.1 cm³/mol. The van der Waals surface area contributed by atoms with Crippen LogP contribution in [0.2, 0.25) is 0 Å². The van der Waals surface area contributed by atoms with Crippen molar-refractivity contribution >= 4 is 11.6 Å². The highest BCUT2D eigenvalue weighted by molar-refractivity contribution is 5.97. The van der Waals surface area contributed by atoms with E-state index in [9.17, 15) is 10.1 Å². The van der Waals surface area contributed by atoms with Crippen LogP contribution >= 0.6 is 0 Å². The maximum atomic E-state index is 12.6. The molecular formula is C19H28N2O3. The van der Waals surface area contributed by atoms with Gasteiger partial charge in [0.05, 0.1) is 11.7 Å². The van der Waals surface area contributed by atoms with Crippen molar-refractivity contribution in [2.75, 3.05) is 11.9 Å². The van der Waals surface area contributed by atoms with Gasteiger partial charge in [-0.1, -0.05) is 19.8 Å². The lowest BCUT2D eigenvalue weighted by Crippen LogP contribution is -2.42. The smallest absolute Gasteiger partial charge is 0.256 e. The third kappa shape index (κ3) is 5.54. The van der Waals surface area contributed by atoms with Crippen LogP contribution in [0.5, 0.6) is 5.75 Å². The number of anilines is 1. The van der Waals surface area contributed by atoms with E-state index in [2.05, 4.69) is 18.3 Å². The van der Waals surface area contributed by atoms with Crippen molar-refractivity contribution in [2.45, 2.75) is 65.6 Å². The summed E-state index contributed by atoms with van der Waals surface area (Å²) in [6.45, 7) is 10.0. The highest BCUT2D eigenvalue weighted by Gasteiger charge is 2.33. The number of hydrogen-bond acceptors (Lipinski definition) is 4. The van der Waals surface area contributed by atoms with Crippen LogP contribution in [0.25, 0.3) is 0 Å². The molecule has 0 saturated heterocycles. The van der Waals surface area contributed by atoms with Crippen molar-refractivity contribution in [3.63, 3.8) is 0 Å². The number of nitriles is 1. The van der Waals surface area contributed by atoms with E-state index < -0.39 is 5.60 Å². The number of nitrogens with one attached hydrogen (secondary N) is 1. The molecule has 0 bridgehead atoms. The average molecular weight is 332 g/mol. The van der Waals surface area contributed by atoms with E-state index >= 15 is 0 Å². The summed E-state index contributed by atoms with van der Waals surface area (Å²) in [5.74, 6) is 0.322. The van der Waals surface area contributed by atoms with E-state index in [-0.39, 0.29) is 12.0 Å². The predicted octanol–water partition coefficient (Wildman–Crippen LogP) is 4.27. The minimum absolute atomic E-state index is 0.0205. The summed E-state index contributed by atoms with van der Waals surface area (Å²) in [5, 5.41) is 12.1. The molecule has 1 rings (SSSR count). The van der Waals surface area contributed by atoms with E-state index in [1.807, 2.05) is 27.7 Å². The van der Waals surface area contributed by atoms with Crippen LogP contribution in [-0.4, -0.2) is 24.2 Å². The summed E-state index contributed by atoms with van der Waals surface area (Å²) in [5.41, 5.74) is 0.0910. The minimum atomic E-state index is -0.870. The largest absolute Gasteiger partial charge is 0.490 e. The third-order valence-corrected chi connectivity index (χ3v) is 3.67. The van der Waals surface area contributed by atoms with Crippen molar-refractivity contribution in [2.24, 2.45) is 0 Å². The lowest BCUT2D eigenvalue weighted by molar-refractivity contribution is -0.139. The molecule has 1 amide bonds. The quantitative estimate of drug-likeness (QED) is 0.733.